The first kappa shape index (κ1) is 22.3. The molecular weight excluding hydrogens is 461 g/mol. The van der Waals surface area contributed by atoms with Crippen molar-refractivity contribution in [2.24, 2.45) is 11.7 Å². The number of hydrogen-bond acceptors (Lipinski definition) is 4. The molecule has 0 spiro atoms. The van der Waals surface area contributed by atoms with Gasteiger partial charge >= 0.3 is 0 Å². The molecule has 2 bridgehead atoms. The molecule has 5 rings (SSSR count). The average molecular weight is 484 g/mol. The fraction of sp³-hybridized carbons (Fsp3) is 0.333. The third-order valence-electron chi connectivity index (χ3n) is 6.80. The molecule has 2 aliphatic rings. The van der Waals surface area contributed by atoms with Crippen molar-refractivity contribution in [1.82, 2.24) is 20.0 Å². The minimum absolute atomic E-state index is 0.00902. The van der Waals surface area contributed by atoms with Gasteiger partial charge in [-0.2, -0.15) is 5.10 Å². The minimum Gasteiger partial charge on any atom is -0.364 e. The zero-order valence-electron chi connectivity index (χ0n) is 18.2. The summed E-state index contributed by atoms with van der Waals surface area (Å²) in [5.41, 5.74) is 6.46. The van der Waals surface area contributed by atoms with Crippen LogP contribution in [0, 0.1) is 11.7 Å². The fourth-order valence-corrected chi connectivity index (χ4v) is 5.49. The molecule has 2 aromatic carbocycles. The lowest BCUT2D eigenvalue weighted by Crippen LogP contribution is -2.53. The number of nitrogens with one attached hydrogen (secondary N) is 1. The normalized spacial score (nSPS) is 21.2. The predicted octanol–water partition coefficient (Wildman–Crippen LogP) is 2.62. The maximum Gasteiger partial charge on any atom is 0.269 e. The van der Waals surface area contributed by atoms with E-state index in [-0.39, 0.29) is 53.1 Å². The van der Waals surface area contributed by atoms with Gasteiger partial charge in [0.05, 0.1) is 10.5 Å². The molecule has 3 amide bonds. The van der Waals surface area contributed by atoms with Gasteiger partial charge in [0.25, 0.3) is 5.91 Å². The summed E-state index contributed by atoms with van der Waals surface area (Å²) in [5.74, 6) is -1.77. The standard InChI is InChI=1S/C24H23ClFN5O3/c25-17-6-3-4-14(20(17)26)11-28-24(34)22-13-8-9-15(10-13)31(22)19(32)12-30-18-7-2-1-5-16(18)21(29-30)23(27)33/h1-7,13,15,22H,8-12H2,(H2,27,33)(H,28,34)/t13-,15+,22-/m0/s1. The van der Waals surface area contributed by atoms with Gasteiger partial charge in [-0.25, -0.2) is 4.39 Å². The maximum absolute atomic E-state index is 14.2. The van der Waals surface area contributed by atoms with Crippen molar-refractivity contribution in [2.45, 2.75) is 44.4 Å². The number of aromatic nitrogens is 2. The van der Waals surface area contributed by atoms with E-state index in [0.29, 0.717) is 10.9 Å². The van der Waals surface area contributed by atoms with E-state index in [9.17, 15) is 18.8 Å². The van der Waals surface area contributed by atoms with Crippen LogP contribution in [-0.2, 0) is 22.7 Å². The Morgan fingerprint density at radius 1 is 1.15 bits per heavy atom. The molecule has 176 valence electrons. The molecule has 2 fully saturated rings. The molecule has 0 radical (unpaired) electrons. The zero-order chi connectivity index (χ0) is 24.0. The van der Waals surface area contributed by atoms with Crippen LogP contribution in [0.4, 0.5) is 4.39 Å². The number of para-hydroxylation sites is 1. The average Bonchev–Trinajstić information content (AvgIpc) is 3.53. The lowest BCUT2D eigenvalue weighted by Gasteiger charge is -2.34. The van der Waals surface area contributed by atoms with E-state index < -0.39 is 17.8 Å². The number of carbonyl (C=O) groups is 3. The second-order valence-electron chi connectivity index (χ2n) is 8.79. The van der Waals surface area contributed by atoms with Crippen molar-refractivity contribution in [3.05, 3.63) is 64.6 Å². The molecule has 34 heavy (non-hydrogen) atoms. The second kappa shape index (κ2) is 8.72. The molecule has 3 atom stereocenters. The van der Waals surface area contributed by atoms with Crippen LogP contribution < -0.4 is 11.1 Å². The minimum atomic E-state index is -0.673. The molecule has 1 saturated carbocycles. The Morgan fingerprint density at radius 3 is 2.74 bits per heavy atom. The van der Waals surface area contributed by atoms with Gasteiger partial charge in [-0.15, -0.1) is 0 Å². The molecular formula is C24H23ClFN5O3. The Balaban J connectivity index is 1.36. The Hall–Kier alpha value is -3.46. The number of nitrogens with zero attached hydrogens (tertiary/aromatic N) is 3. The Kier molecular flexibility index (Phi) is 5.73. The Labute approximate surface area is 199 Å². The first-order chi connectivity index (χ1) is 16.3. The number of amides is 3. The number of likely N-dealkylation sites (tertiary alicyclic amines) is 1. The summed E-state index contributed by atoms with van der Waals surface area (Å²) in [6.45, 7) is -0.142. The number of fused-ring (bicyclic) bond motifs is 3. The molecule has 1 saturated heterocycles. The van der Waals surface area contributed by atoms with E-state index in [0.717, 1.165) is 19.3 Å². The van der Waals surface area contributed by atoms with Gasteiger partial charge in [0.1, 0.15) is 18.4 Å². The number of halogens is 2. The molecule has 10 heteroatoms. The van der Waals surface area contributed by atoms with Crippen molar-refractivity contribution >= 4 is 40.2 Å². The Bertz CT molecular complexity index is 1310. The van der Waals surface area contributed by atoms with Crippen molar-refractivity contribution in [3.8, 4) is 0 Å². The van der Waals surface area contributed by atoms with E-state index in [1.165, 1.54) is 10.7 Å². The van der Waals surface area contributed by atoms with Crippen molar-refractivity contribution in [2.75, 3.05) is 0 Å². The van der Waals surface area contributed by atoms with Gasteiger partial charge in [0, 0.05) is 23.5 Å². The van der Waals surface area contributed by atoms with Crippen LogP contribution in [0.1, 0.15) is 35.3 Å². The summed E-state index contributed by atoms with van der Waals surface area (Å²) in [5, 5.41) is 7.61. The Morgan fingerprint density at radius 2 is 1.94 bits per heavy atom. The first-order valence-corrected chi connectivity index (χ1v) is 11.5. The highest BCUT2D eigenvalue weighted by Crippen LogP contribution is 2.42. The zero-order valence-corrected chi connectivity index (χ0v) is 19.0. The van der Waals surface area contributed by atoms with Crippen molar-refractivity contribution < 1.29 is 18.8 Å². The number of hydrogen-bond donors (Lipinski definition) is 2. The van der Waals surface area contributed by atoms with Crippen molar-refractivity contribution in [3.63, 3.8) is 0 Å². The lowest BCUT2D eigenvalue weighted by molar-refractivity contribution is -0.143. The van der Waals surface area contributed by atoms with Crippen LogP contribution in [0.15, 0.2) is 42.5 Å². The quantitative estimate of drug-likeness (QED) is 0.561. The first-order valence-electron chi connectivity index (χ1n) is 11.1. The fourth-order valence-electron chi connectivity index (χ4n) is 5.30. The predicted molar refractivity (Wildman–Crippen MR) is 123 cm³/mol. The van der Waals surface area contributed by atoms with Crippen LogP contribution in [0.2, 0.25) is 5.02 Å². The van der Waals surface area contributed by atoms with Crippen molar-refractivity contribution in [1.29, 1.82) is 0 Å². The summed E-state index contributed by atoms with van der Waals surface area (Å²) in [6, 6.07) is 11.0. The van der Waals surface area contributed by atoms with Crippen LogP contribution in [0.25, 0.3) is 10.9 Å². The van der Waals surface area contributed by atoms with E-state index in [2.05, 4.69) is 10.4 Å². The molecule has 3 aromatic rings. The summed E-state index contributed by atoms with van der Waals surface area (Å²) in [7, 11) is 0. The molecule has 2 heterocycles. The SMILES string of the molecule is NC(=O)c1nn(CC(=O)N2[C@@H]3CC[C@@H](C3)[C@H]2C(=O)NCc2cccc(Cl)c2F)c2ccccc12. The highest BCUT2D eigenvalue weighted by atomic mass is 35.5. The van der Waals surface area contributed by atoms with Crippen LogP contribution in [-0.4, -0.2) is 44.5 Å². The van der Waals surface area contributed by atoms with Gasteiger partial charge in [-0.1, -0.05) is 41.9 Å². The molecule has 8 nitrogen and oxygen atoms in total. The van der Waals surface area contributed by atoms with Crippen LogP contribution >= 0.6 is 11.6 Å². The number of carbonyl (C=O) groups excluding carboxylic acids is 3. The van der Waals surface area contributed by atoms with Gasteiger partial charge in [-0.05, 0) is 37.3 Å². The molecule has 1 aliphatic carbocycles. The van der Waals surface area contributed by atoms with E-state index in [4.69, 9.17) is 17.3 Å². The van der Waals surface area contributed by atoms with Crippen LogP contribution in [0.5, 0.6) is 0 Å². The summed E-state index contributed by atoms with van der Waals surface area (Å²) in [4.78, 5) is 40.0. The summed E-state index contributed by atoms with van der Waals surface area (Å²) >= 11 is 5.83. The number of piperidine rings is 1. The highest BCUT2D eigenvalue weighted by molar-refractivity contribution is 6.30. The van der Waals surface area contributed by atoms with Gasteiger partial charge in [-0.3, -0.25) is 19.1 Å². The van der Waals surface area contributed by atoms with Gasteiger partial charge < -0.3 is 16.0 Å². The highest BCUT2D eigenvalue weighted by Gasteiger charge is 2.51. The number of nitrogens with two attached hydrogens (primary N) is 1. The van der Waals surface area contributed by atoms with Gasteiger partial charge in [0.2, 0.25) is 11.8 Å². The second-order valence-corrected chi connectivity index (χ2v) is 9.20. The number of primary amides is 1. The third-order valence-corrected chi connectivity index (χ3v) is 7.09. The maximum atomic E-state index is 14.2. The topological polar surface area (TPSA) is 110 Å². The smallest absolute Gasteiger partial charge is 0.269 e. The summed E-state index contributed by atoms with van der Waals surface area (Å²) in [6.07, 6.45) is 2.44. The van der Waals surface area contributed by atoms with E-state index in [1.54, 1.807) is 41.3 Å². The number of benzene rings is 2. The lowest BCUT2D eigenvalue weighted by atomic mass is 9.97. The largest absolute Gasteiger partial charge is 0.364 e. The molecule has 1 aromatic heterocycles. The number of rotatable bonds is 6. The van der Waals surface area contributed by atoms with E-state index >= 15 is 0 Å². The molecule has 3 N–H and O–H groups in total. The van der Waals surface area contributed by atoms with Gasteiger partial charge in [0.15, 0.2) is 5.69 Å². The molecule has 1 aliphatic heterocycles. The summed E-state index contributed by atoms with van der Waals surface area (Å²) < 4.78 is 15.7. The van der Waals surface area contributed by atoms with Crippen LogP contribution in [0.3, 0.4) is 0 Å². The monoisotopic (exact) mass is 483 g/mol. The third kappa shape index (κ3) is 3.79. The molecule has 0 unspecified atom stereocenters. The van der Waals surface area contributed by atoms with E-state index in [1.807, 2.05) is 0 Å².